The van der Waals surface area contributed by atoms with Gasteiger partial charge in [-0.05, 0) is 36.1 Å². The molecule has 6 heteroatoms. The third-order valence-corrected chi connectivity index (χ3v) is 6.42. The lowest BCUT2D eigenvalue weighted by atomic mass is 9.82. The molecule has 0 unspecified atom stereocenters. The Morgan fingerprint density at radius 2 is 1.77 bits per heavy atom. The first-order valence-electron chi connectivity index (χ1n) is 11.3. The lowest BCUT2D eigenvalue weighted by molar-refractivity contribution is 0.269. The molecule has 1 aliphatic rings. The zero-order chi connectivity index (χ0) is 24.4. The summed E-state index contributed by atoms with van der Waals surface area (Å²) >= 11 is 6.28. The van der Waals surface area contributed by atoms with Crippen molar-refractivity contribution in [3.63, 3.8) is 0 Å². The van der Waals surface area contributed by atoms with Crippen LogP contribution in [0, 0.1) is 11.3 Å². The van der Waals surface area contributed by atoms with Gasteiger partial charge in [0.1, 0.15) is 24.0 Å². The van der Waals surface area contributed by atoms with Crippen molar-refractivity contribution in [2.75, 3.05) is 6.61 Å². The Kier molecular flexibility index (Phi) is 6.22. The lowest BCUT2D eigenvalue weighted by Crippen LogP contribution is -2.21. The van der Waals surface area contributed by atoms with Gasteiger partial charge >= 0.3 is 0 Å². The molecule has 0 radical (unpaired) electrons. The van der Waals surface area contributed by atoms with Crippen molar-refractivity contribution >= 4 is 22.4 Å². The molecule has 5 nitrogen and oxygen atoms in total. The Balaban J connectivity index is 1.57. The lowest BCUT2D eigenvalue weighted by Gasteiger charge is -2.28. The van der Waals surface area contributed by atoms with E-state index in [1.807, 2.05) is 85.8 Å². The number of halogens is 1. The number of hydrogen-bond acceptors (Lipinski definition) is 5. The number of nitriles is 1. The first-order valence-corrected chi connectivity index (χ1v) is 11.7. The Hall–Kier alpha value is -4.14. The third-order valence-electron chi connectivity index (χ3n) is 6.05. The second kappa shape index (κ2) is 9.61. The Labute approximate surface area is 208 Å². The van der Waals surface area contributed by atoms with Gasteiger partial charge in [0.15, 0.2) is 11.5 Å². The van der Waals surface area contributed by atoms with Crippen LogP contribution in [0.1, 0.15) is 29.5 Å². The number of ether oxygens (including phenoxy) is 3. The number of rotatable bonds is 6. The number of benzene rings is 4. The van der Waals surface area contributed by atoms with Gasteiger partial charge in [0.05, 0.1) is 12.5 Å². The van der Waals surface area contributed by atoms with E-state index in [9.17, 15) is 5.26 Å². The second-order valence-electron chi connectivity index (χ2n) is 8.15. The van der Waals surface area contributed by atoms with Gasteiger partial charge in [0.2, 0.25) is 5.88 Å². The minimum atomic E-state index is -0.398. The first kappa shape index (κ1) is 22.6. The van der Waals surface area contributed by atoms with Gasteiger partial charge in [0.25, 0.3) is 0 Å². The standard InChI is InChI=1S/C29H23ClN2O3/c1-2-33-26-15-19(12-14-25(26)34-17-20-8-4-6-10-24(20)30)27-22-13-11-18-7-3-5-9-21(18)28(22)35-29(32)23(27)16-31/h3-15,27H,2,17,32H2,1H3/t27-/m0/s1. The molecule has 1 aliphatic heterocycles. The highest BCUT2D eigenvalue weighted by Crippen LogP contribution is 2.46. The van der Waals surface area contributed by atoms with Gasteiger partial charge in [-0.3, -0.25) is 0 Å². The second-order valence-corrected chi connectivity index (χ2v) is 8.56. The van der Waals surface area contributed by atoms with Crippen LogP contribution in [0.3, 0.4) is 0 Å². The van der Waals surface area contributed by atoms with Crippen molar-refractivity contribution in [2.24, 2.45) is 5.73 Å². The Morgan fingerprint density at radius 1 is 0.971 bits per heavy atom. The average Bonchev–Trinajstić information content (AvgIpc) is 2.88. The summed E-state index contributed by atoms with van der Waals surface area (Å²) in [7, 11) is 0. The van der Waals surface area contributed by atoms with E-state index in [1.54, 1.807) is 0 Å². The smallest absolute Gasteiger partial charge is 0.205 e. The van der Waals surface area contributed by atoms with Crippen LogP contribution in [-0.2, 0) is 6.61 Å². The zero-order valence-corrected chi connectivity index (χ0v) is 19.9. The number of nitrogens with two attached hydrogens (primary N) is 1. The van der Waals surface area contributed by atoms with E-state index >= 15 is 0 Å². The molecular weight excluding hydrogens is 460 g/mol. The molecular formula is C29H23ClN2O3. The molecule has 174 valence electrons. The van der Waals surface area contributed by atoms with Crippen molar-refractivity contribution in [1.82, 2.24) is 0 Å². The number of allylic oxidation sites excluding steroid dienone is 1. The maximum Gasteiger partial charge on any atom is 0.205 e. The largest absolute Gasteiger partial charge is 0.490 e. The van der Waals surface area contributed by atoms with Crippen molar-refractivity contribution in [2.45, 2.75) is 19.4 Å². The third kappa shape index (κ3) is 4.25. The summed E-state index contributed by atoms with van der Waals surface area (Å²) in [6.07, 6.45) is 0. The van der Waals surface area contributed by atoms with Crippen LogP contribution < -0.4 is 19.9 Å². The van der Waals surface area contributed by atoms with Crippen LogP contribution in [0.15, 0.2) is 90.3 Å². The van der Waals surface area contributed by atoms with Gasteiger partial charge in [-0.25, -0.2) is 0 Å². The number of fused-ring (bicyclic) bond motifs is 3. The van der Waals surface area contributed by atoms with Gasteiger partial charge in [-0.2, -0.15) is 5.26 Å². The van der Waals surface area contributed by atoms with Crippen LogP contribution in [0.5, 0.6) is 17.2 Å². The van der Waals surface area contributed by atoms with Crippen LogP contribution in [0.2, 0.25) is 5.02 Å². The fourth-order valence-corrected chi connectivity index (χ4v) is 4.58. The van der Waals surface area contributed by atoms with Crippen molar-refractivity contribution in [1.29, 1.82) is 5.26 Å². The molecule has 4 aromatic carbocycles. The van der Waals surface area contributed by atoms with E-state index in [-0.39, 0.29) is 5.88 Å². The molecule has 2 N–H and O–H groups in total. The van der Waals surface area contributed by atoms with Gasteiger partial charge in [-0.15, -0.1) is 0 Å². The highest BCUT2D eigenvalue weighted by Gasteiger charge is 2.32. The van der Waals surface area contributed by atoms with Gasteiger partial charge in [0, 0.05) is 21.5 Å². The molecule has 0 spiro atoms. The summed E-state index contributed by atoms with van der Waals surface area (Å²) in [6.45, 7) is 2.68. The molecule has 0 saturated carbocycles. The van der Waals surface area contributed by atoms with E-state index in [1.165, 1.54) is 0 Å². The predicted molar refractivity (Wildman–Crippen MR) is 137 cm³/mol. The van der Waals surface area contributed by atoms with Crippen LogP contribution in [0.25, 0.3) is 10.8 Å². The Morgan fingerprint density at radius 3 is 2.57 bits per heavy atom. The minimum Gasteiger partial charge on any atom is -0.490 e. The molecule has 0 amide bonds. The summed E-state index contributed by atoms with van der Waals surface area (Å²) in [4.78, 5) is 0. The normalized spacial score (nSPS) is 14.7. The topological polar surface area (TPSA) is 77.5 Å². The van der Waals surface area contributed by atoms with Crippen LogP contribution >= 0.6 is 11.6 Å². The summed E-state index contributed by atoms with van der Waals surface area (Å²) in [5.41, 5.74) is 9.22. The molecule has 5 rings (SSSR count). The SMILES string of the molecule is CCOc1cc([C@@H]2C(C#N)=C(N)Oc3c2ccc2ccccc32)ccc1OCc1ccccc1Cl. The average molecular weight is 483 g/mol. The highest BCUT2D eigenvalue weighted by molar-refractivity contribution is 6.31. The maximum atomic E-state index is 9.96. The highest BCUT2D eigenvalue weighted by atomic mass is 35.5. The van der Waals surface area contributed by atoms with E-state index in [2.05, 4.69) is 6.07 Å². The molecule has 0 aromatic heterocycles. The fraction of sp³-hybridized carbons (Fsp3) is 0.138. The molecule has 1 heterocycles. The molecule has 0 bridgehead atoms. The summed E-state index contributed by atoms with van der Waals surface area (Å²) in [5, 5.41) is 12.6. The van der Waals surface area contributed by atoms with Crippen molar-refractivity contribution in [3.05, 3.63) is 112 Å². The fourth-order valence-electron chi connectivity index (χ4n) is 4.39. The molecule has 0 saturated heterocycles. The monoisotopic (exact) mass is 482 g/mol. The van der Waals surface area contributed by atoms with Crippen LogP contribution in [0.4, 0.5) is 0 Å². The molecule has 0 aliphatic carbocycles. The molecule has 4 aromatic rings. The molecule has 0 fully saturated rings. The van der Waals surface area contributed by atoms with Crippen molar-refractivity contribution < 1.29 is 14.2 Å². The Bertz CT molecular complexity index is 1490. The summed E-state index contributed by atoms with van der Waals surface area (Å²) in [5.74, 6) is 1.56. The predicted octanol–water partition coefficient (Wildman–Crippen LogP) is 6.69. The van der Waals surface area contributed by atoms with E-state index < -0.39 is 5.92 Å². The number of hydrogen-bond donors (Lipinski definition) is 1. The summed E-state index contributed by atoms with van der Waals surface area (Å²) in [6, 6.07) is 27.5. The zero-order valence-electron chi connectivity index (χ0n) is 19.1. The van der Waals surface area contributed by atoms with E-state index in [0.717, 1.165) is 27.5 Å². The van der Waals surface area contributed by atoms with Crippen LogP contribution in [-0.4, -0.2) is 6.61 Å². The van der Waals surface area contributed by atoms with Crippen molar-refractivity contribution in [3.8, 4) is 23.3 Å². The molecule has 35 heavy (non-hydrogen) atoms. The molecule has 1 atom stereocenters. The maximum absolute atomic E-state index is 9.96. The van der Waals surface area contributed by atoms with E-state index in [0.29, 0.717) is 41.1 Å². The number of nitrogens with zero attached hydrogens (tertiary/aromatic N) is 1. The minimum absolute atomic E-state index is 0.110. The summed E-state index contributed by atoms with van der Waals surface area (Å²) < 4.78 is 18.0. The van der Waals surface area contributed by atoms with Gasteiger partial charge in [-0.1, -0.05) is 72.3 Å². The first-order chi connectivity index (χ1) is 17.1. The van der Waals surface area contributed by atoms with E-state index in [4.69, 9.17) is 31.5 Å². The quantitative estimate of drug-likeness (QED) is 0.331. The van der Waals surface area contributed by atoms with Gasteiger partial charge < -0.3 is 19.9 Å².